The van der Waals surface area contributed by atoms with Crippen molar-refractivity contribution in [3.8, 4) is 11.5 Å². The standard InChI is InChI=1S/C14H21NO2/c1-16-11-7-8-14(17-2)12(10-11)13-6-4-3-5-9-15-13/h7-8,10,13,15H,3-6,9H2,1-2H3/t13-/m0/s1. The van der Waals surface area contributed by atoms with E-state index in [4.69, 9.17) is 9.47 Å². The van der Waals surface area contributed by atoms with Crippen LogP contribution < -0.4 is 14.8 Å². The van der Waals surface area contributed by atoms with Crippen molar-refractivity contribution < 1.29 is 9.47 Å². The van der Waals surface area contributed by atoms with E-state index in [2.05, 4.69) is 11.4 Å². The first-order chi connectivity index (χ1) is 8.35. The molecule has 0 saturated carbocycles. The molecular formula is C14H21NO2. The van der Waals surface area contributed by atoms with Crippen molar-refractivity contribution in [3.63, 3.8) is 0 Å². The lowest BCUT2D eigenvalue weighted by molar-refractivity contribution is 0.388. The molecule has 1 saturated heterocycles. The Bertz CT molecular complexity index is 357. The first kappa shape index (κ1) is 12.2. The molecule has 1 aromatic rings. The molecule has 1 atom stereocenters. The lowest BCUT2D eigenvalue weighted by atomic mass is 10.0. The van der Waals surface area contributed by atoms with Gasteiger partial charge in [0.05, 0.1) is 14.2 Å². The number of nitrogens with one attached hydrogen (secondary N) is 1. The molecule has 1 N–H and O–H groups in total. The van der Waals surface area contributed by atoms with Gasteiger partial charge in [-0.1, -0.05) is 12.8 Å². The number of methoxy groups -OCH3 is 2. The second-order valence-corrected chi connectivity index (χ2v) is 4.46. The van der Waals surface area contributed by atoms with Crippen molar-refractivity contribution in [2.24, 2.45) is 0 Å². The van der Waals surface area contributed by atoms with Crippen LogP contribution >= 0.6 is 0 Å². The third-order valence-electron chi connectivity index (χ3n) is 3.37. The Hall–Kier alpha value is -1.22. The Balaban J connectivity index is 2.26. The van der Waals surface area contributed by atoms with Gasteiger partial charge in [0.25, 0.3) is 0 Å². The minimum absolute atomic E-state index is 0.391. The monoisotopic (exact) mass is 235 g/mol. The fraction of sp³-hybridized carbons (Fsp3) is 0.571. The average molecular weight is 235 g/mol. The van der Waals surface area contributed by atoms with Crippen LogP contribution in [0.15, 0.2) is 18.2 Å². The Kier molecular flexibility index (Phi) is 4.26. The summed E-state index contributed by atoms with van der Waals surface area (Å²) in [5, 5.41) is 3.59. The second kappa shape index (κ2) is 5.92. The molecule has 1 aromatic carbocycles. The average Bonchev–Trinajstić information content (AvgIpc) is 2.66. The smallest absolute Gasteiger partial charge is 0.123 e. The van der Waals surface area contributed by atoms with Crippen LogP contribution in [0.3, 0.4) is 0 Å². The highest BCUT2D eigenvalue weighted by molar-refractivity contribution is 5.42. The molecule has 17 heavy (non-hydrogen) atoms. The number of benzene rings is 1. The molecule has 1 heterocycles. The van der Waals surface area contributed by atoms with Gasteiger partial charge in [-0.25, -0.2) is 0 Å². The van der Waals surface area contributed by atoms with E-state index in [1.807, 2.05) is 12.1 Å². The first-order valence-electron chi connectivity index (χ1n) is 6.30. The predicted octanol–water partition coefficient (Wildman–Crippen LogP) is 2.91. The summed E-state index contributed by atoms with van der Waals surface area (Å²) >= 11 is 0. The van der Waals surface area contributed by atoms with Crippen LogP contribution in [-0.4, -0.2) is 20.8 Å². The van der Waals surface area contributed by atoms with Crippen molar-refractivity contribution >= 4 is 0 Å². The maximum atomic E-state index is 5.44. The molecule has 1 fully saturated rings. The van der Waals surface area contributed by atoms with E-state index in [0.717, 1.165) is 18.0 Å². The Morgan fingerprint density at radius 2 is 2.00 bits per heavy atom. The van der Waals surface area contributed by atoms with Crippen molar-refractivity contribution in [3.05, 3.63) is 23.8 Å². The van der Waals surface area contributed by atoms with E-state index < -0.39 is 0 Å². The minimum Gasteiger partial charge on any atom is -0.497 e. The zero-order valence-electron chi connectivity index (χ0n) is 10.7. The molecule has 0 bridgehead atoms. The molecule has 3 nitrogen and oxygen atoms in total. The Morgan fingerprint density at radius 1 is 1.12 bits per heavy atom. The van der Waals surface area contributed by atoms with E-state index >= 15 is 0 Å². The summed E-state index contributed by atoms with van der Waals surface area (Å²) in [4.78, 5) is 0. The largest absolute Gasteiger partial charge is 0.497 e. The molecule has 0 radical (unpaired) electrons. The van der Waals surface area contributed by atoms with Crippen LogP contribution in [0, 0.1) is 0 Å². The highest BCUT2D eigenvalue weighted by atomic mass is 16.5. The summed E-state index contributed by atoms with van der Waals surface area (Å²) < 4.78 is 10.7. The van der Waals surface area contributed by atoms with Crippen LogP contribution in [0.4, 0.5) is 0 Å². The van der Waals surface area contributed by atoms with E-state index in [1.165, 1.54) is 31.2 Å². The van der Waals surface area contributed by atoms with Gasteiger partial charge in [-0.3, -0.25) is 0 Å². The van der Waals surface area contributed by atoms with Gasteiger partial charge in [0.2, 0.25) is 0 Å². The lowest BCUT2D eigenvalue weighted by Crippen LogP contribution is -2.20. The second-order valence-electron chi connectivity index (χ2n) is 4.46. The summed E-state index contributed by atoms with van der Waals surface area (Å²) in [5.41, 5.74) is 1.22. The molecule has 94 valence electrons. The normalized spacial score (nSPS) is 20.7. The van der Waals surface area contributed by atoms with E-state index in [1.54, 1.807) is 14.2 Å². The Morgan fingerprint density at radius 3 is 2.76 bits per heavy atom. The SMILES string of the molecule is COc1ccc(OC)c([C@@H]2CCCCCN2)c1. The van der Waals surface area contributed by atoms with Gasteiger partial charge < -0.3 is 14.8 Å². The van der Waals surface area contributed by atoms with Gasteiger partial charge in [-0.2, -0.15) is 0 Å². The molecule has 1 aliphatic rings. The predicted molar refractivity (Wildman–Crippen MR) is 68.8 cm³/mol. The van der Waals surface area contributed by atoms with Crippen molar-refractivity contribution in [2.75, 3.05) is 20.8 Å². The molecule has 0 aromatic heterocycles. The maximum Gasteiger partial charge on any atom is 0.123 e. The zero-order valence-corrected chi connectivity index (χ0v) is 10.7. The third kappa shape index (κ3) is 2.91. The lowest BCUT2D eigenvalue weighted by Gasteiger charge is -2.19. The van der Waals surface area contributed by atoms with Crippen LogP contribution in [0.5, 0.6) is 11.5 Å². The van der Waals surface area contributed by atoms with Crippen molar-refractivity contribution in [1.29, 1.82) is 0 Å². The van der Waals surface area contributed by atoms with Gasteiger partial charge in [0.15, 0.2) is 0 Å². The van der Waals surface area contributed by atoms with Gasteiger partial charge in [0, 0.05) is 11.6 Å². The molecule has 0 unspecified atom stereocenters. The van der Waals surface area contributed by atoms with Crippen LogP contribution in [0.25, 0.3) is 0 Å². The Labute approximate surface area is 103 Å². The summed E-state index contributed by atoms with van der Waals surface area (Å²) in [5.74, 6) is 1.84. The topological polar surface area (TPSA) is 30.5 Å². The summed E-state index contributed by atoms with van der Waals surface area (Å²) in [7, 11) is 3.42. The van der Waals surface area contributed by atoms with Gasteiger partial charge in [-0.15, -0.1) is 0 Å². The summed E-state index contributed by atoms with van der Waals surface area (Å²) in [6, 6.07) is 6.41. The zero-order chi connectivity index (χ0) is 12.1. The van der Waals surface area contributed by atoms with Gasteiger partial charge in [0.1, 0.15) is 11.5 Å². The highest BCUT2D eigenvalue weighted by Gasteiger charge is 2.18. The third-order valence-corrected chi connectivity index (χ3v) is 3.37. The van der Waals surface area contributed by atoms with Crippen molar-refractivity contribution in [1.82, 2.24) is 5.32 Å². The van der Waals surface area contributed by atoms with Crippen molar-refractivity contribution in [2.45, 2.75) is 31.7 Å². The molecular weight excluding hydrogens is 214 g/mol. The molecule has 0 spiro atoms. The number of rotatable bonds is 3. The molecule has 1 aliphatic heterocycles. The maximum absolute atomic E-state index is 5.44. The highest BCUT2D eigenvalue weighted by Crippen LogP contribution is 2.32. The van der Waals surface area contributed by atoms with Crippen LogP contribution in [0.2, 0.25) is 0 Å². The first-order valence-corrected chi connectivity index (χ1v) is 6.30. The number of ether oxygens (including phenoxy) is 2. The van der Waals surface area contributed by atoms with Crippen LogP contribution in [-0.2, 0) is 0 Å². The summed E-state index contributed by atoms with van der Waals surface area (Å²) in [6.45, 7) is 1.09. The van der Waals surface area contributed by atoms with E-state index in [-0.39, 0.29) is 0 Å². The minimum atomic E-state index is 0.391. The molecule has 3 heteroatoms. The number of hydrogen-bond donors (Lipinski definition) is 1. The van der Waals surface area contributed by atoms with E-state index in [0.29, 0.717) is 6.04 Å². The number of hydrogen-bond acceptors (Lipinski definition) is 3. The van der Waals surface area contributed by atoms with E-state index in [9.17, 15) is 0 Å². The molecule has 0 aliphatic carbocycles. The fourth-order valence-corrected chi connectivity index (χ4v) is 2.41. The summed E-state index contributed by atoms with van der Waals surface area (Å²) in [6.07, 6.45) is 5.03. The van der Waals surface area contributed by atoms with Crippen LogP contribution in [0.1, 0.15) is 37.3 Å². The van der Waals surface area contributed by atoms with Gasteiger partial charge in [-0.05, 0) is 37.6 Å². The quantitative estimate of drug-likeness (QED) is 0.873. The fourth-order valence-electron chi connectivity index (χ4n) is 2.41. The van der Waals surface area contributed by atoms with Gasteiger partial charge >= 0.3 is 0 Å². The molecule has 2 rings (SSSR count). The molecule has 0 amide bonds.